The Morgan fingerprint density at radius 2 is 2.00 bits per heavy atom. The van der Waals surface area contributed by atoms with Crippen molar-refractivity contribution in [3.05, 3.63) is 29.1 Å². The number of imidazole rings is 1. The van der Waals surface area contributed by atoms with Crippen LogP contribution in [0.3, 0.4) is 0 Å². The Kier molecular flexibility index (Phi) is 8.35. The molecule has 2 fully saturated rings. The molecule has 6 nitrogen and oxygen atoms in total. The van der Waals surface area contributed by atoms with E-state index in [1.165, 1.54) is 24.0 Å². The zero-order chi connectivity index (χ0) is 18.9. The maximum absolute atomic E-state index is 12.5. The number of hydrogen-bond acceptors (Lipinski definition) is 4. The third-order valence-corrected chi connectivity index (χ3v) is 6.46. The summed E-state index contributed by atoms with van der Waals surface area (Å²) < 4.78 is 0. The minimum absolute atomic E-state index is 0. The van der Waals surface area contributed by atoms with Gasteiger partial charge in [-0.25, -0.2) is 4.98 Å². The number of aromatic nitrogens is 2. The Morgan fingerprint density at radius 1 is 1.24 bits per heavy atom. The average molecular weight is 442 g/mol. The number of halogens is 2. The van der Waals surface area contributed by atoms with Crippen molar-refractivity contribution in [1.29, 1.82) is 0 Å². The minimum atomic E-state index is -0.0278. The summed E-state index contributed by atoms with van der Waals surface area (Å²) in [5, 5.41) is 9.97. The lowest BCUT2D eigenvalue weighted by Crippen LogP contribution is -2.40. The smallest absolute Gasteiger partial charge is 0.237 e. The van der Waals surface area contributed by atoms with Crippen molar-refractivity contribution >= 4 is 41.8 Å². The Hall–Kier alpha value is -1.34. The van der Waals surface area contributed by atoms with Crippen molar-refractivity contribution in [2.45, 2.75) is 52.0 Å². The lowest BCUT2D eigenvalue weighted by molar-refractivity contribution is -0.123. The molecule has 0 bridgehead atoms. The molecule has 3 heterocycles. The van der Waals surface area contributed by atoms with Crippen LogP contribution in [0.4, 0.5) is 0 Å². The summed E-state index contributed by atoms with van der Waals surface area (Å²) in [5.41, 5.74) is 5.00. The molecule has 1 amide bonds. The number of carbonyl (C=O) groups is 1. The van der Waals surface area contributed by atoms with Crippen LogP contribution in [0.2, 0.25) is 0 Å². The third kappa shape index (κ3) is 5.23. The maximum atomic E-state index is 12.5. The Bertz CT molecular complexity index is 832. The number of hydrogen-bond donors (Lipinski definition) is 4. The molecule has 1 spiro atoms. The van der Waals surface area contributed by atoms with E-state index in [2.05, 4.69) is 46.9 Å². The monoisotopic (exact) mass is 441 g/mol. The molecule has 2 aromatic rings. The van der Waals surface area contributed by atoms with Gasteiger partial charge >= 0.3 is 0 Å². The summed E-state index contributed by atoms with van der Waals surface area (Å²) in [5.74, 6) is 1.15. The van der Waals surface area contributed by atoms with E-state index in [0.29, 0.717) is 12.0 Å². The van der Waals surface area contributed by atoms with Crippen LogP contribution in [0.5, 0.6) is 0 Å². The highest BCUT2D eigenvalue weighted by Gasteiger charge is 2.41. The number of aromatic amines is 1. The molecule has 2 aliphatic rings. The fourth-order valence-electron chi connectivity index (χ4n) is 4.51. The Labute approximate surface area is 185 Å². The lowest BCUT2D eigenvalue weighted by atomic mass is 9.77. The van der Waals surface area contributed by atoms with Crippen LogP contribution in [0.15, 0.2) is 12.1 Å². The van der Waals surface area contributed by atoms with Gasteiger partial charge in [-0.05, 0) is 75.2 Å². The summed E-state index contributed by atoms with van der Waals surface area (Å²) in [6.45, 7) is 8.06. The van der Waals surface area contributed by atoms with Crippen LogP contribution in [0.25, 0.3) is 11.0 Å². The van der Waals surface area contributed by atoms with Gasteiger partial charge in [0.15, 0.2) is 0 Å². The lowest BCUT2D eigenvalue weighted by Gasteiger charge is -2.33. The first-order valence-electron chi connectivity index (χ1n) is 10.2. The average Bonchev–Trinajstić information content (AvgIpc) is 3.27. The SMILES string of the molecule is Cc1ccc2[nH]c(CCCNC(=O)C3CC4(CCNCC4)CN3)nc2c1C.Cl.Cl. The highest BCUT2D eigenvalue weighted by atomic mass is 35.5. The minimum Gasteiger partial charge on any atom is -0.355 e. The van der Waals surface area contributed by atoms with E-state index in [4.69, 9.17) is 4.98 Å². The van der Waals surface area contributed by atoms with E-state index in [1.54, 1.807) is 0 Å². The number of carbonyl (C=O) groups excluding carboxylic acids is 1. The van der Waals surface area contributed by atoms with E-state index in [-0.39, 0.29) is 36.8 Å². The molecular weight excluding hydrogens is 409 g/mol. The zero-order valence-corrected chi connectivity index (χ0v) is 18.9. The van der Waals surface area contributed by atoms with Crippen LogP contribution in [-0.4, -0.2) is 48.1 Å². The van der Waals surface area contributed by atoms with Gasteiger partial charge in [0, 0.05) is 19.5 Å². The molecule has 1 aromatic carbocycles. The van der Waals surface area contributed by atoms with Crippen LogP contribution >= 0.6 is 24.8 Å². The molecule has 8 heteroatoms. The molecule has 2 aliphatic heterocycles. The summed E-state index contributed by atoms with van der Waals surface area (Å²) in [6.07, 6.45) is 5.07. The molecule has 0 aliphatic carbocycles. The first-order valence-corrected chi connectivity index (χ1v) is 10.2. The van der Waals surface area contributed by atoms with Gasteiger partial charge in [-0.1, -0.05) is 6.07 Å². The maximum Gasteiger partial charge on any atom is 0.237 e. The van der Waals surface area contributed by atoms with E-state index in [0.717, 1.165) is 55.8 Å². The number of fused-ring (bicyclic) bond motifs is 1. The second-order valence-electron chi connectivity index (χ2n) is 8.37. The number of H-pyrrole nitrogens is 1. The number of rotatable bonds is 5. The molecule has 1 aromatic heterocycles. The van der Waals surface area contributed by atoms with Crippen LogP contribution in [0.1, 0.15) is 42.6 Å². The van der Waals surface area contributed by atoms with Gasteiger partial charge in [-0.2, -0.15) is 0 Å². The number of benzene rings is 1. The van der Waals surface area contributed by atoms with Gasteiger partial charge in [-0.15, -0.1) is 24.8 Å². The van der Waals surface area contributed by atoms with E-state index in [1.807, 2.05) is 0 Å². The van der Waals surface area contributed by atoms with Crippen molar-refractivity contribution in [3.8, 4) is 0 Å². The van der Waals surface area contributed by atoms with Gasteiger partial charge in [-0.3, -0.25) is 4.79 Å². The summed E-state index contributed by atoms with van der Waals surface area (Å²) in [7, 11) is 0. The van der Waals surface area contributed by atoms with Crippen LogP contribution < -0.4 is 16.0 Å². The highest BCUT2D eigenvalue weighted by molar-refractivity contribution is 5.85. The number of nitrogens with one attached hydrogen (secondary N) is 4. The van der Waals surface area contributed by atoms with Gasteiger partial charge in [0.05, 0.1) is 17.1 Å². The van der Waals surface area contributed by atoms with Gasteiger partial charge in [0.1, 0.15) is 5.82 Å². The molecular formula is C21H33Cl2N5O. The quantitative estimate of drug-likeness (QED) is 0.537. The van der Waals surface area contributed by atoms with Gasteiger partial charge in [0.2, 0.25) is 5.91 Å². The van der Waals surface area contributed by atoms with Crippen molar-refractivity contribution in [2.24, 2.45) is 5.41 Å². The molecule has 29 heavy (non-hydrogen) atoms. The molecule has 1 unspecified atom stereocenters. The number of amides is 1. The van der Waals surface area contributed by atoms with Crippen molar-refractivity contribution in [1.82, 2.24) is 25.9 Å². The van der Waals surface area contributed by atoms with Crippen molar-refractivity contribution in [3.63, 3.8) is 0 Å². The molecule has 0 saturated carbocycles. The first-order chi connectivity index (χ1) is 13.1. The predicted octanol–water partition coefficient (Wildman–Crippen LogP) is 2.80. The number of aryl methyl sites for hydroxylation is 3. The topological polar surface area (TPSA) is 81.8 Å². The number of piperidine rings is 1. The largest absolute Gasteiger partial charge is 0.355 e. The second-order valence-corrected chi connectivity index (χ2v) is 8.37. The summed E-state index contributed by atoms with van der Waals surface area (Å²) in [4.78, 5) is 20.6. The molecule has 0 radical (unpaired) electrons. The fraction of sp³-hybridized carbons (Fsp3) is 0.619. The summed E-state index contributed by atoms with van der Waals surface area (Å²) >= 11 is 0. The molecule has 4 rings (SSSR count). The van der Waals surface area contributed by atoms with Gasteiger partial charge < -0.3 is 20.9 Å². The van der Waals surface area contributed by atoms with Crippen LogP contribution in [0, 0.1) is 19.3 Å². The molecule has 162 valence electrons. The predicted molar refractivity (Wildman–Crippen MR) is 122 cm³/mol. The van der Waals surface area contributed by atoms with E-state index < -0.39 is 0 Å². The van der Waals surface area contributed by atoms with E-state index in [9.17, 15) is 4.79 Å². The third-order valence-electron chi connectivity index (χ3n) is 6.46. The summed E-state index contributed by atoms with van der Waals surface area (Å²) in [6, 6.07) is 4.20. The Morgan fingerprint density at radius 3 is 2.76 bits per heavy atom. The standard InChI is InChI=1S/C21H31N5O.2ClH/c1-14-5-6-16-19(15(14)2)26-18(25-16)4-3-9-23-20(27)17-12-21(13-24-17)7-10-22-11-8-21;;/h5-6,17,22,24H,3-4,7-13H2,1-2H3,(H,23,27)(H,25,26);2*1H. The zero-order valence-electron chi connectivity index (χ0n) is 17.3. The molecule has 1 atom stereocenters. The molecule has 2 saturated heterocycles. The first kappa shape index (κ1) is 23.9. The fourth-order valence-corrected chi connectivity index (χ4v) is 4.51. The second kappa shape index (κ2) is 10.1. The molecule has 4 N–H and O–H groups in total. The number of nitrogens with zero attached hydrogens (tertiary/aromatic N) is 1. The van der Waals surface area contributed by atoms with Crippen molar-refractivity contribution < 1.29 is 4.79 Å². The van der Waals surface area contributed by atoms with Crippen LogP contribution in [-0.2, 0) is 11.2 Å². The Balaban J connectivity index is 0.00000150. The van der Waals surface area contributed by atoms with Gasteiger partial charge in [0.25, 0.3) is 0 Å². The van der Waals surface area contributed by atoms with Crippen molar-refractivity contribution in [2.75, 3.05) is 26.2 Å². The normalized spacial score (nSPS) is 20.3. The van der Waals surface area contributed by atoms with E-state index >= 15 is 0 Å². The highest BCUT2D eigenvalue weighted by Crippen LogP contribution is 2.37.